The quantitative estimate of drug-likeness (QED) is 0.553. The molecule has 0 aliphatic heterocycles. The Morgan fingerprint density at radius 3 is 2.67 bits per heavy atom. The van der Waals surface area contributed by atoms with Gasteiger partial charge in [-0.3, -0.25) is 9.29 Å². The predicted octanol–water partition coefficient (Wildman–Crippen LogP) is 3.46. The lowest BCUT2D eigenvalue weighted by Crippen LogP contribution is -2.19. The summed E-state index contributed by atoms with van der Waals surface area (Å²) in [5.74, 6) is -0.538. The normalized spacial score (nSPS) is 12.9. The van der Waals surface area contributed by atoms with E-state index in [1.165, 1.54) is 34.2 Å². The fraction of sp³-hybridized carbons (Fsp3) is 0.111. The largest absolute Gasteiger partial charge is 0.420 e. The minimum atomic E-state index is -3.82. The maximum absolute atomic E-state index is 12.5. The van der Waals surface area contributed by atoms with Crippen LogP contribution in [0, 0.1) is 0 Å². The Kier molecular flexibility index (Phi) is 4.33. The lowest BCUT2D eigenvalue weighted by atomic mass is 10.1. The summed E-state index contributed by atoms with van der Waals surface area (Å²) in [5.41, 5.74) is 1.69. The molecule has 1 N–H and O–H groups in total. The van der Waals surface area contributed by atoms with E-state index in [0.29, 0.717) is 5.52 Å². The highest BCUT2D eigenvalue weighted by Crippen LogP contribution is 2.25. The molecule has 0 saturated carbocycles. The molecule has 0 saturated heterocycles. The highest BCUT2D eigenvalue weighted by Gasteiger charge is 2.21. The van der Waals surface area contributed by atoms with Crippen molar-refractivity contribution in [2.75, 3.05) is 4.72 Å². The van der Waals surface area contributed by atoms with Gasteiger partial charge in [0.2, 0.25) is 0 Å². The van der Waals surface area contributed by atoms with Crippen LogP contribution in [0.25, 0.3) is 11.1 Å². The minimum Gasteiger partial charge on any atom is -0.408 e. The van der Waals surface area contributed by atoms with Crippen molar-refractivity contribution in [3.05, 3.63) is 76.2 Å². The second kappa shape index (κ2) is 6.67. The summed E-state index contributed by atoms with van der Waals surface area (Å²) in [6, 6.07) is 13.7. The average Bonchev–Trinajstić information content (AvgIpc) is 3.27. The average molecular weight is 401 g/mol. The molecule has 2 heterocycles. The Hall–Kier alpha value is -2.91. The molecule has 0 fully saturated rings. The van der Waals surface area contributed by atoms with E-state index < -0.39 is 15.8 Å². The maximum atomic E-state index is 12.5. The van der Waals surface area contributed by atoms with E-state index in [-0.39, 0.29) is 21.7 Å². The fourth-order valence-electron chi connectivity index (χ4n) is 2.88. The van der Waals surface area contributed by atoms with E-state index in [4.69, 9.17) is 4.42 Å². The summed E-state index contributed by atoms with van der Waals surface area (Å²) in [4.78, 5) is 16.3. The number of aromatic nitrogens is 2. The van der Waals surface area contributed by atoms with Crippen LogP contribution in [0.15, 0.2) is 74.2 Å². The second-order valence-corrected chi connectivity index (χ2v) is 8.47. The first-order valence-corrected chi connectivity index (χ1v) is 10.4. The zero-order valence-electron chi connectivity index (χ0n) is 14.2. The monoisotopic (exact) mass is 401 g/mol. The standard InChI is InChI=1S/C18H15N3O4S2/c1-12(13-5-3-2-4-6-13)21-15-8-7-14(11-16(15)25-18(21)22)27(23,24)20-17-19-9-10-26-17/h2-12H,1H3,(H,19,20)/t12-/m1/s1. The molecular weight excluding hydrogens is 386 g/mol. The van der Waals surface area contributed by atoms with Crippen molar-refractivity contribution in [2.24, 2.45) is 0 Å². The van der Waals surface area contributed by atoms with Crippen LogP contribution in [0.4, 0.5) is 5.13 Å². The Morgan fingerprint density at radius 2 is 1.96 bits per heavy atom. The molecule has 7 nitrogen and oxygen atoms in total. The summed E-state index contributed by atoms with van der Waals surface area (Å²) in [5, 5.41) is 1.94. The fourth-order valence-corrected chi connectivity index (χ4v) is 4.68. The lowest BCUT2D eigenvalue weighted by Gasteiger charge is -2.13. The van der Waals surface area contributed by atoms with Gasteiger partial charge in [-0.25, -0.2) is 18.2 Å². The molecule has 27 heavy (non-hydrogen) atoms. The molecule has 0 amide bonds. The summed E-state index contributed by atoms with van der Waals surface area (Å²) in [6.45, 7) is 1.89. The molecule has 138 valence electrons. The van der Waals surface area contributed by atoms with E-state index in [9.17, 15) is 13.2 Å². The van der Waals surface area contributed by atoms with Gasteiger partial charge in [-0.2, -0.15) is 0 Å². The molecule has 1 atom stereocenters. The van der Waals surface area contributed by atoms with Gasteiger partial charge in [0.15, 0.2) is 10.7 Å². The number of hydrogen-bond donors (Lipinski definition) is 1. The molecular formula is C18H15N3O4S2. The van der Waals surface area contributed by atoms with Gasteiger partial charge < -0.3 is 4.42 Å². The van der Waals surface area contributed by atoms with Crippen LogP contribution in [0.3, 0.4) is 0 Å². The number of sulfonamides is 1. The van der Waals surface area contributed by atoms with Crippen molar-refractivity contribution in [3.8, 4) is 0 Å². The van der Waals surface area contributed by atoms with Crippen molar-refractivity contribution in [1.82, 2.24) is 9.55 Å². The number of thiazole rings is 1. The highest BCUT2D eigenvalue weighted by atomic mass is 32.2. The van der Waals surface area contributed by atoms with Crippen LogP contribution < -0.4 is 10.5 Å². The molecule has 2 aromatic carbocycles. The number of anilines is 1. The van der Waals surface area contributed by atoms with Gasteiger partial charge >= 0.3 is 5.76 Å². The number of nitrogens with zero attached hydrogens (tertiary/aromatic N) is 2. The predicted molar refractivity (Wildman–Crippen MR) is 104 cm³/mol. The number of oxazole rings is 1. The Morgan fingerprint density at radius 1 is 1.19 bits per heavy atom. The van der Waals surface area contributed by atoms with Crippen molar-refractivity contribution in [1.29, 1.82) is 0 Å². The van der Waals surface area contributed by atoms with Crippen molar-refractivity contribution in [2.45, 2.75) is 17.9 Å². The van der Waals surface area contributed by atoms with E-state index in [2.05, 4.69) is 9.71 Å². The number of hydrogen-bond acceptors (Lipinski definition) is 6. The van der Waals surface area contributed by atoms with Crippen LogP contribution in [0.5, 0.6) is 0 Å². The van der Waals surface area contributed by atoms with E-state index in [0.717, 1.165) is 5.56 Å². The van der Waals surface area contributed by atoms with E-state index in [1.807, 2.05) is 37.3 Å². The van der Waals surface area contributed by atoms with Gasteiger partial charge in [0.1, 0.15) is 0 Å². The van der Waals surface area contributed by atoms with E-state index in [1.54, 1.807) is 11.4 Å². The molecule has 9 heteroatoms. The summed E-state index contributed by atoms with van der Waals surface area (Å²) in [6.07, 6.45) is 1.51. The van der Waals surface area contributed by atoms with Gasteiger partial charge in [-0.15, -0.1) is 11.3 Å². The van der Waals surface area contributed by atoms with Gasteiger partial charge in [-0.05, 0) is 24.6 Å². The zero-order valence-corrected chi connectivity index (χ0v) is 15.8. The van der Waals surface area contributed by atoms with Crippen LogP contribution in [-0.4, -0.2) is 18.0 Å². The van der Waals surface area contributed by atoms with Crippen molar-refractivity contribution in [3.63, 3.8) is 0 Å². The third-order valence-electron chi connectivity index (χ3n) is 4.22. The Labute approximate surface area is 159 Å². The molecule has 0 bridgehead atoms. The number of benzene rings is 2. The molecule has 0 aliphatic rings. The van der Waals surface area contributed by atoms with Gasteiger partial charge in [0.05, 0.1) is 16.5 Å². The third kappa shape index (κ3) is 3.26. The van der Waals surface area contributed by atoms with Gasteiger partial charge in [0.25, 0.3) is 10.0 Å². The Bertz CT molecular complexity index is 1240. The summed E-state index contributed by atoms with van der Waals surface area (Å²) < 4.78 is 34.3. The zero-order chi connectivity index (χ0) is 19.0. The SMILES string of the molecule is C[C@H](c1ccccc1)n1c(=O)oc2cc(S(=O)(=O)Nc3nccs3)ccc21. The molecule has 2 aromatic heterocycles. The number of fused-ring (bicyclic) bond motifs is 1. The molecule has 0 radical (unpaired) electrons. The van der Waals surface area contributed by atoms with Crippen LogP contribution in [0.2, 0.25) is 0 Å². The third-order valence-corrected chi connectivity index (χ3v) is 6.37. The van der Waals surface area contributed by atoms with Crippen LogP contribution >= 0.6 is 11.3 Å². The molecule has 4 aromatic rings. The first kappa shape index (κ1) is 17.5. The second-order valence-electron chi connectivity index (χ2n) is 5.90. The number of nitrogens with one attached hydrogen (secondary N) is 1. The van der Waals surface area contributed by atoms with Crippen molar-refractivity contribution < 1.29 is 12.8 Å². The summed E-state index contributed by atoms with van der Waals surface area (Å²) >= 11 is 1.18. The Balaban J connectivity index is 1.76. The minimum absolute atomic E-state index is 0.00142. The first-order valence-electron chi connectivity index (χ1n) is 8.08. The van der Waals surface area contributed by atoms with Crippen molar-refractivity contribution >= 4 is 37.6 Å². The first-order chi connectivity index (χ1) is 13.0. The molecule has 0 spiro atoms. The lowest BCUT2D eigenvalue weighted by molar-refractivity contribution is 0.489. The topological polar surface area (TPSA) is 94.2 Å². The van der Waals surface area contributed by atoms with Gasteiger partial charge in [-0.1, -0.05) is 30.3 Å². The highest BCUT2D eigenvalue weighted by molar-refractivity contribution is 7.93. The summed E-state index contributed by atoms with van der Waals surface area (Å²) in [7, 11) is -3.82. The number of rotatable bonds is 5. The van der Waals surface area contributed by atoms with Gasteiger partial charge in [0, 0.05) is 17.6 Å². The molecule has 0 unspecified atom stereocenters. The van der Waals surface area contributed by atoms with E-state index >= 15 is 0 Å². The van der Waals surface area contributed by atoms with Crippen LogP contribution in [-0.2, 0) is 10.0 Å². The maximum Gasteiger partial charge on any atom is 0.420 e. The smallest absolute Gasteiger partial charge is 0.408 e. The van der Waals surface area contributed by atoms with Crippen LogP contribution in [0.1, 0.15) is 18.5 Å². The molecule has 4 rings (SSSR count). The molecule has 0 aliphatic carbocycles.